The lowest BCUT2D eigenvalue weighted by molar-refractivity contribution is 0.474. The summed E-state index contributed by atoms with van der Waals surface area (Å²) in [6.07, 6.45) is 5.94. The van der Waals surface area contributed by atoms with Gasteiger partial charge in [-0.2, -0.15) is 0 Å². The second-order valence-electron chi connectivity index (χ2n) is 6.77. The summed E-state index contributed by atoms with van der Waals surface area (Å²) in [5, 5.41) is 0. The Morgan fingerprint density at radius 1 is 1.12 bits per heavy atom. The molecule has 4 nitrogen and oxygen atoms in total. The molecule has 2 heterocycles. The number of rotatable bonds is 2. The fraction of sp³-hybridized carbons (Fsp3) is 0.190. The van der Waals surface area contributed by atoms with Crippen molar-refractivity contribution in [3.8, 4) is 0 Å². The molecule has 1 spiro atoms. The van der Waals surface area contributed by atoms with Crippen molar-refractivity contribution in [2.45, 2.75) is 23.7 Å². The number of hydrogen-bond donors (Lipinski definition) is 0. The summed E-state index contributed by atoms with van der Waals surface area (Å²) in [6.45, 7) is 6.51. The Hall–Kier alpha value is -2.66. The van der Waals surface area contributed by atoms with Crippen LogP contribution in [-0.4, -0.2) is 25.5 Å². The van der Waals surface area contributed by atoms with Crippen LogP contribution in [0.2, 0.25) is 0 Å². The highest BCUT2D eigenvalue weighted by molar-refractivity contribution is 7.89. The van der Waals surface area contributed by atoms with E-state index >= 15 is 0 Å². The minimum Gasteiger partial charge on any atom is -0.273 e. The van der Waals surface area contributed by atoms with Gasteiger partial charge < -0.3 is 0 Å². The van der Waals surface area contributed by atoms with E-state index < -0.39 is 15.4 Å². The van der Waals surface area contributed by atoms with Crippen LogP contribution >= 0.6 is 0 Å². The first-order valence-electron chi connectivity index (χ1n) is 8.54. The predicted octanol–water partition coefficient (Wildman–Crippen LogP) is 4.11. The zero-order valence-corrected chi connectivity index (χ0v) is 15.4. The van der Waals surface area contributed by atoms with Gasteiger partial charge in [0.25, 0.3) is 10.0 Å². The van der Waals surface area contributed by atoms with Gasteiger partial charge >= 0.3 is 0 Å². The fourth-order valence-electron chi connectivity index (χ4n) is 3.56. The van der Waals surface area contributed by atoms with E-state index in [1.807, 2.05) is 49.5 Å². The lowest BCUT2D eigenvalue weighted by Crippen LogP contribution is -2.32. The number of sulfonamides is 1. The smallest absolute Gasteiger partial charge is 0.263 e. The largest absolute Gasteiger partial charge is 0.273 e. The van der Waals surface area contributed by atoms with Crippen LogP contribution in [0.1, 0.15) is 17.5 Å². The zero-order chi connectivity index (χ0) is 18.4. The molecular formula is C21H20N2O2S. The van der Waals surface area contributed by atoms with Gasteiger partial charge in [-0.1, -0.05) is 42.5 Å². The Morgan fingerprint density at radius 3 is 2.62 bits per heavy atom. The Kier molecular flexibility index (Phi) is 3.84. The second kappa shape index (κ2) is 5.95. The van der Waals surface area contributed by atoms with E-state index in [0.29, 0.717) is 17.9 Å². The highest BCUT2D eigenvalue weighted by Crippen LogP contribution is 2.45. The van der Waals surface area contributed by atoms with E-state index in [4.69, 9.17) is 0 Å². The van der Waals surface area contributed by atoms with Gasteiger partial charge in [0.1, 0.15) is 0 Å². The molecule has 2 aliphatic rings. The third-order valence-corrected chi connectivity index (χ3v) is 6.97. The van der Waals surface area contributed by atoms with Gasteiger partial charge in [-0.15, -0.1) is 0 Å². The second-order valence-corrected chi connectivity index (χ2v) is 8.66. The first kappa shape index (κ1) is 16.8. The molecule has 0 saturated carbocycles. The molecule has 4 rings (SSSR count). The highest BCUT2D eigenvalue weighted by atomic mass is 32.2. The van der Waals surface area contributed by atoms with E-state index in [9.17, 15) is 8.42 Å². The van der Waals surface area contributed by atoms with Gasteiger partial charge in [-0.25, -0.2) is 8.42 Å². The quantitative estimate of drug-likeness (QED) is 0.805. The molecule has 1 atom stereocenters. The fourth-order valence-corrected chi connectivity index (χ4v) is 4.86. The van der Waals surface area contributed by atoms with Gasteiger partial charge in [-0.05, 0) is 48.8 Å². The molecule has 0 saturated heterocycles. The minimum absolute atomic E-state index is 0.301. The van der Waals surface area contributed by atoms with E-state index in [2.05, 4.69) is 11.6 Å². The predicted molar refractivity (Wildman–Crippen MR) is 104 cm³/mol. The van der Waals surface area contributed by atoms with Crippen LogP contribution < -0.4 is 0 Å². The molecule has 0 bridgehead atoms. The molecule has 5 heteroatoms. The third kappa shape index (κ3) is 2.51. The Balaban J connectivity index is 1.69. The molecule has 0 N–H and O–H groups in total. The first-order chi connectivity index (χ1) is 12.4. The molecule has 0 radical (unpaired) electrons. The standard InChI is InChI=1S/C21H20N2O2S/c1-16-7-9-18(10-8-16)26(24,25)23-13-11-17(2)21(12-14-23)15-22-20-6-4-3-5-19(20)21/h3-11,13,15H,2,12,14H2,1H3. The molecule has 2 aromatic carbocycles. The topological polar surface area (TPSA) is 49.7 Å². The molecule has 26 heavy (non-hydrogen) atoms. The highest BCUT2D eigenvalue weighted by Gasteiger charge is 2.40. The number of aliphatic imine (C=N–C) groups is 1. The average Bonchev–Trinajstić information content (AvgIpc) is 2.92. The van der Waals surface area contributed by atoms with Gasteiger partial charge in [0.15, 0.2) is 0 Å². The van der Waals surface area contributed by atoms with Crippen LogP contribution in [0, 0.1) is 6.92 Å². The van der Waals surface area contributed by atoms with Gasteiger partial charge in [-0.3, -0.25) is 9.30 Å². The van der Waals surface area contributed by atoms with E-state index in [1.165, 1.54) is 4.31 Å². The molecule has 0 aliphatic carbocycles. The van der Waals surface area contributed by atoms with Crippen LogP contribution in [0.4, 0.5) is 5.69 Å². The molecule has 0 aromatic heterocycles. The summed E-state index contributed by atoms with van der Waals surface area (Å²) >= 11 is 0. The lowest BCUT2D eigenvalue weighted by atomic mass is 9.74. The molecule has 1 unspecified atom stereocenters. The number of nitrogens with zero attached hydrogens (tertiary/aromatic N) is 2. The maximum Gasteiger partial charge on any atom is 0.263 e. The van der Waals surface area contributed by atoms with Crippen molar-refractivity contribution < 1.29 is 8.42 Å². The number of fused-ring (bicyclic) bond motifs is 2. The molecule has 2 aliphatic heterocycles. The Bertz CT molecular complexity index is 1040. The van der Waals surface area contributed by atoms with Crippen molar-refractivity contribution in [2.75, 3.05) is 6.54 Å². The molecular weight excluding hydrogens is 344 g/mol. The maximum absolute atomic E-state index is 13.0. The normalized spacial score (nSPS) is 21.9. The van der Waals surface area contributed by atoms with Crippen molar-refractivity contribution in [1.82, 2.24) is 4.31 Å². The van der Waals surface area contributed by atoms with Crippen molar-refractivity contribution >= 4 is 21.9 Å². The van der Waals surface area contributed by atoms with Crippen LogP contribution in [0.25, 0.3) is 0 Å². The van der Waals surface area contributed by atoms with Gasteiger partial charge in [0, 0.05) is 19.0 Å². The Morgan fingerprint density at radius 2 is 1.85 bits per heavy atom. The van der Waals surface area contributed by atoms with E-state index in [1.54, 1.807) is 24.4 Å². The molecule has 132 valence electrons. The summed E-state index contributed by atoms with van der Waals surface area (Å²) in [6, 6.07) is 14.9. The first-order valence-corrected chi connectivity index (χ1v) is 9.98. The summed E-state index contributed by atoms with van der Waals surface area (Å²) in [5.41, 5.74) is 3.46. The molecule has 0 fully saturated rings. The van der Waals surface area contributed by atoms with Crippen molar-refractivity contribution in [3.63, 3.8) is 0 Å². The monoisotopic (exact) mass is 364 g/mol. The summed E-state index contributed by atoms with van der Waals surface area (Å²) in [5.74, 6) is 0. The number of hydrogen-bond acceptors (Lipinski definition) is 3. The number of benzene rings is 2. The third-order valence-electron chi connectivity index (χ3n) is 5.18. The molecule has 2 aromatic rings. The van der Waals surface area contributed by atoms with Crippen molar-refractivity contribution in [2.24, 2.45) is 4.99 Å². The van der Waals surface area contributed by atoms with Crippen LogP contribution in [-0.2, 0) is 15.4 Å². The van der Waals surface area contributed by atoms with Crippen molar-refractivity contribution in [1.29, 1.82) is 0 Å². The summed E-state index contributed by atoms with van der Waals surface area (Å²) in [7, 11) is -3.59. The minimum atomic E-state index is -3.59. The van der Waals surface area contributed by atoms with Crippen molar-refractivity contribution in [3.05, 3.63) is 84.1 Å². The summed E-state index contributed by atoms with van der Waals surface area (Å²) < 4.78 is 27.4. The number of para-hydroxylation sites is 1. The SMILES string of the molecule is C=C1C=CN(S(=O)(=O)c2ccc(C)cc2)CCC12C=Nc1ccccc12. The van der Waals surface area contributed by atoms with Gasteiger partial charge in [0.2, 0.25) is 0 Å². The van der Waals surface area contributed by atoms with Crippen LogP contribution in [0.15, 0.2) is 82.8 Å². The zero-order valence-electron chi connectivity index (χ0n) is 14.6. The summed E-state index contributed by atoms with van der Waals surface area (Å²) in [4.78, 5) is 4.84. The van der Waals surface area contributed by atoms with E-state index in [-0.39, 0.29) is 0 Å². The average molecular weight is 364 g/mol. The maximum atomic E-state index is 13.0. The van der Waals surface area contributed by atoms with E-state index in [0.717, 1.165) is 22.4 Å². The molecule has 0 amide bonds. The number of aryl methyl sites for hydroxylation is 1. The number of allylic oxidation sites excluding steroid dienone is 2. The Labute approximate surface area is 154 Å². The van der Waals surface area contributed by atoms with Crippen LogP contribution in [0.5, 0.6) is 0 Å². The van der Waals surface area contributed by atoms with Crippen LogP contribution in [0.3, 0.4) is 0 Å². The van der Waals surface area contributed by atoms with Gasteiger partial charge in [0.05, 0.1) is 16.0 Å². The lowest BCUT2D eigenvalue weighted by Gasteiger charge is -2.28.